The van der Waals surface area contributed by atoms with E-state index in [1.807, 2.05) is 31.3 Å². The molecule has 5 nitrogen and oxygen atoms in total. The minimum Gasteiger partial charge on any atom is -0.497 e. The van der Waals surface area contributed by atoms with Crippen LogP contribution in [0.1, 0.15) is 6.42 Å². The van der Waals surface area contributed by atoms with E-state index in [-0.39, 0.29) is 5.56 Å². The molecule has 0 aliphatic heterocycles. The van der Waals surface area contributed by atoms with Crippen molar-refractivity contribution in [2.75, 3.05) is 31.3 Å². The zero-order valence-electron chi connectivity index (χ0n) is 12.5. The van der Waals surface area contributed by atoms with Gasteiger partial charge in [-0.1, -0.05) is 6.07 Å². The van der Waals surface area contributed by atoms with E-state index in [1.54, 1.807) is 23.9 Å². The monoisotopic (exact) mass is 287 g/mol. The van der Waals surface area contributed by atoms with E-state index in [2.05, 4.69) is 4.90 Å². The van der Waals surface area contributed by atoms with E-state index >= 15 is 0 Å². The number of nitrogen functional groups attached to an aromatic ring is 1. The number of nitrogens with zero attached hydrogens (tertiary/aromatic N) is 2. The van der Waals surface area contributed by atoms with Crippen LogP contribution < -0.4 is 20.9 Å². The first-order valence-corrected chi connectivity index (χ1v) is 6.91. The van der Waals surface area contributed by atoms with E-state index in [0.29, 0.717) is 12.2 Å². The largest absolute Gasteiger partial charge is 0.497 e. The molecule has 0 amide bonds. The Labute approximate surface area is 124 Å². The first-order valence-electron chi connectivity index (χ1n) is 6.91. The zero-order chi connectivity index (χ0) is 15.2. The van der Waals surface area contributed by atoms with Gasteiger partial charge in [-0.05, 0) is 24.6 Å². The number of hydrogen-bond donors (Lipinski definition) is 1. The first-order chi connectivity index (χ1) is 10.1. The molecule has 2 N–H and O–H groups in total. The number of aryl methyl sites for hydroxylation is 1. The summed E-state index contributed by atoms with van der Waals surface area (Å²) >= 11 is 0. The molecule has 0 aliphatic carbocycles. The lowest BCUT2D eigenvalue weighted by Gasteiger charge is -2.20. The fraction of sp³-hybridized carbons (Fsp3) is 0.312. The Balaban J connectivity index is 1.93. The van der Waals surface area contributed by atoms with Crippen LogP contribution in [0.4, 0.5) is 11.4 Å². The molecule has 21 heavy (non-hydrogen) atoms. The summed E-state index contributed by atoms with van der Waals surface area (Å²) in [5, 5.41) is 0. The molecule has 0 spiro atoms. The number of aromatic nitrogens is 1. The summed E-state index contributed by atoms with van der Waals surface area (Å²) in [5.74, 6) is 0.839. The molecule has 0 radical (unpaired) electrons. The number of methoxy groups -OCH3 is 1. The van der Waals surface area contributed by atoms with Crippen molar-refractivity contribution < 1.29 is 4.74 Å². The SMILES string of the molecule is COc1cccc(N(C)CCCn2cc(N)ccc2=O)c1. The van der Waals surface area contributed by atoms with Gasteiger partial charge in [-0.2, -0.15) is 0 Å². The molecule has 2 rings (SSSR count). The topological polar surface area (TPSA) is 60.5 Å². The predicted molar refractivity (Wildman–Crippen MR) is 86.0 cm³/mol. The summed E-state index contributed by atoms with van der Waals surface area (Å²) in [5.41, 5.74) is 7.38. The number of nitrogens with two attached hydrogens (primary N) is 1. The summed E-state index contributed by atoms with van der Waals surface area (Å²) in [7, 11) is 3.68. The third-order valence-corrected chi connectivity index (χ3v) is 3.39. The third kappa shape index (κ3) is 4.02. The van der Waals surface area contributed by atoms with Gasteiger partial charge >= 0.3 is 0 Å². The van der Waals surface area contributed by atoms with Crippen LogP contribution in [-0.2, 0) is 6.54 Å². The van der Waals surface area contributed by atoms with Crippen LogP contribution in [0.3, 0.4) is 0 Å². The van der Waals surface area contributed by atoms with Crippen LogP contribution in [0.15, 0.2) is 47.4 Å². The molecule has 0 saturated carbocycles. The smallest absolute Gasteiger partial charge is 0.250 e. The van der Waals surface area contributed by atoms with Gasteiger partial charge in [0, 0.05) is 49.8 Å². The van der Waals surface area contributed by atoms with Crippen molar-refractivity contribution in [3.05, 3.63) is 52.9 Å². The fourth-order valence-electron chi connectivity index (χ4n) is 2.18. The number of benzene rings is 1. The van der Waals surface area contributed by atoms with Crippen LogP contribution in [0.5, 0.6) is 5.75 Å². The normalized spacial score (nSPS) is 10.4. The highest BCUT2D eigenvalue weighted by atomic mass is 16.5. The van der Waals surface area contributed by atoms with Crippen molar-refractivity contribution in [2.24, 2.45) is 0 Å². The third-order valence-electron chi connectivity index (χ3n) is 3.39. The van der Waals surface area contributed by atoms with Crippen molar-refractivity contribution in [1.82, 2.24) is 4.57 Å². The summed E-state index contributed by atoms with van der Waals surface area (Å²) in [4.78, 5) is 13.8. The Bertz CT molecular complexity index is 652. The van der Waals surface area contributed by atoms with E-state index in [9.17, 15) is 4.79 Å². The second-order valence-electron chi connectivity index (χ2n) is 4.97. The Morgan fingerprint density at radius 2 is 2.10 bits per heavy atom. The molecule has 2 aromatic rings. The van der Waals surface area contributed by atoms with Gasteiger partial charge in [-0.25, -0.2) is 0 Å². The molecular formula is C16H21N3O2. The van der Waals surface area contributed by atoms with Crippen molar-refractivity contribution in [2.45, 2.75) is 13.0 Å². The van der Waals surface area contributed by atoms with Gasteiger partial charge in [0.1, 0.15) is 5.75 Å². The standard InChI is InChI=1S/C16H21N3O2/c1-18(14-5-3-6-15(11-14)21-2)9-4-10-19-12-13(17)7-8-16(19)20/h3,5-8,11-12H,4,9-10,17H2,1-2H3. The second-order valence-corrected chi connectivity index (χ2v) is 4.97. The van der Waals surface area contributed by atoms with Crippen molar-refractivity contribution in [1.29, 1.82) is 0 Å². The highest BCUT2D eigenvalue weighted by Gasteiger charge is 2.03. The predicted octanol–water partition coefficient (Wildman–Crippen LogP) is 1.97. The first kappa shape index (κ1) is 15.0. The minimum absolute atomic E-state index is 0.0202. The Morgan fingerprint density at radius 3 is 2.86 bits per heavy atom. The minimum atomic E-state index is -0.0202. The van der Waals surface area contributed by atoms with Crippen LogP contribution in [-0.4, -0.2) is 25.3 Å². The Hall–Kier alpha value is -2.43. The highest BCUT2D eigenvalue weighted by molar-refractivity contribution is 5.50. The lowest BCUT2D eigenvalue weighted by molar-refractivity contribution is 0.415. The highest BCUT2D eigenvalue weighted by Crippen LogP contribution is 2.19. The molecule has 1 aromatic carbocycles. The number of pyridine rings is 1. The molecule has 5 heteroatoms. The molecule has 1 aromatic heterocycles. The summed E-state index contributed by atoms with van der Waals surface area (Å²) in [6.45, 7) is 1.49. The summed E-state index contributed by atoms with van der Waals surface area (Å²) in [6.07, 6.45) is 2.55. The van der Waals surface area contributed by atoms with E-state index < -0.39 is 0 Å². The average Bonchev–Trinajstić information content (AvgIpc) is 2.50. The molecule has 1 heterocycles. The van der Waals surface area contributed by atoms with Gasteiger partial charge in [-0.15, -0.1) is 0 Å². The number of ether oxygens (including phenoxy) is 1. The van der Waals surface area contributed by atoms with E-state index in [4.69, 9.17) is 10.5 Å². The Morgan fingerprint density at radius 1 is 1.29 bits per heavy atom. The van der Waals surface area contributed by atoms with Crippen LogP contribution >= 0.6 is 0 Å². The molecule has 0 fully saturated rings. The van der Waals surface area contributed by atoms with Gasteiger partial charge < -0.3 is 19.9 Å². The maximum Gasteiger partial charge on any atom is 0.250 e. The molecule has 0 unspecified atom stereocenters. The molecule has 0 saturated heterocycles. The number of rotatable bonds is 6. The zero-order valence-corrected chi connectivity index (χ0v) is 12.5. The van der Waals surface area contributed by atoms with E-state index in [1.165, 1.54) is 6.07 Å². The van der Waals surface area contributed by atoms with Crippen molar-refractivity contribution in [3.63, 3.8) is 0 Å². The van der Waals surface area contributed by atoms with Gasteiger partial charge in [0.2, 0.25) is 0 Å². The molecule has 112 valence electrons. The summed E-state index contributed by atoms with van der Waals surface area (Å²) in [6, 6.07) is 11.0. The molecular weight excluding hydrogens is 266 g/mol. The summed E-state index contributed by atoms with van der Waals surface area (Å²) < 4.78 is 6.87. The molecule has 0 bridgehead atoms. The quantitative estimate of drug-likeness (QED) is 0.882. The van der Waals surface area contributed by atoms with E-state index in [0.717, 1.165) is 24.4 Å². The second kappa shape index (κ2) is 6.83. The average molecular weight is 287 g/mol. The number of hydrogen-bond acceptors (Lipinski definition) is 4. The lowest BCUT2D eigenvalue weighted by atomic mass is 10.2. The van der Waals surface area contributed by atoms with Crippen molar-refractivity contribution in [3.8, 4) is 5.75 Å². The fourth-order valence-corrected chi connectivity index (χ4v) is 2.18. The van der Waals surface area contributed by atoms with Gasteiger partial charge in [0.05, 0.1) is 7.11 Å². The van der Waals surface area contributed by atoms with Gasteiger partial charge in [0.25, 0.3) is 5.56 Å². The van der Waals surface area contributed by atoms with Crippen LogP contribution in [0, 0.1) is 0 Å². The maximum absolute atomic E-state index is 11.7. The maximum atomic E-state index is 11.7. The van der Waals surface area contributed by atoms with Crippen LogP contribution in [0.25, 0.3) is 0 Å². The van der Waals surface area contributed by atoms with Gasteiger partial charge in [-0.3, -0.25) is 4.79 Å². The van der Waals surface area contributed by atoms with Gasteiger partial charge in [0.15, 0.2) is 0 Å². The number of anilines is 2. The van der Waals surface area contributed by atoms with Crippen LogP contribution in [0.2, 0.25) is 0 Å². The Kier molecular flexibility index (Phi) is 4.87. The van der Waals surface area contributed by atoms with Crippen molar-refractivity contribution >= 4 is 11.4 Å². The lowest BCUT2D eigenvalue weighted by Crippen LogP contribution is -2.23. The molecule has 0 aliphatic rings. The molecule has 0 atom stereocenters.